The van der Waals surface area contributed by atoms with E-state index in [0.29, 0.717) is 17.2 Å². The minimum Gasteiger partial charge on any atom is -0.377 e. The summed E-state index contributed by atoms with van der Waals surface area (Å²) in [6.45, 7) is -0.869. The third-order valence-corrected chi connectivity index (χ3v) is 4.99. The van der Waals surface area contributed by atoms with Gasteiger partial charge in [-0.25, -0.2) is 18.7 Å². The Morgan fingerprint density at radius 1 is 0.938 bits per heavy atom. The highest BCUT2D eigenvalue weighted by atomic mass is 19.3. The molecule has 1 unspecified atom stereocenters. The first-order chi connectivity index (χ1) is 15.2. The Bertz CT molecular complexity index is 1160. The first kappa shape index (κ1) is 21.7. The second kappa shape index (κ2) is 8.17. The molecule has 2 heterocycles. The van der Waals surface area contributed by atoms with Crippen molar-refractivity contribution in [3.05, 3.63) is 89.5 Å². The predicted molar refractivity (Wildman–Crippen MR) is 105 cm³/mol. The molecule has 0 amide bonds. The maximum Gasteiger partial charge on any atom is 0.323 e. The third-order valence-electron chi connectivity index (χ3n) is 4.99. The summed E-state index contributed by atoms with van der Waals surface area (Å²) < 4.78 is 72.7. The number of halogens is 5. The first-order valence-electron chi connectivity index (χ1n) is 9.29. The molecule has 0 aliphatic carbocycles. The highest BCUT2D eigenvalue weighted by Crippen LogP contribution is 2.46. The van der Waals surface area contributed by atoms with Crippen molar-refractivity contribution in [2.45, 2.75) is 11.5 Å². The lowest BCUT2D eigenvalue weighted by Crippen LogP contribution is -2.54. The zero-order chi connectivity index (χ0) is 22.9. The molecule has 0 bridgehead atoms. The monoisotopic (exact) mass is 449 g/mol. The summed E-state index contributed by atoms with van der Waals surface area (Å²) in [5.41, 5.74) is 0.564. The van der Waals surface area contributed by atoms with Crippen LogP contribution in [0.1, 0.15) is 11.3 Å². The number of nitrogens with zero attached hydrogens (tertiary/aromatic N) is 3. The van der Waals surface area contributed by atoms with Gasteiger partial charge in [-0.1, -0.05) is 18.2 Å². The normalized spacial score (nSPS) is 15.5. The molecule has 6 nitrogen and oxygen atoms in total. The van der Waals surface area contributed by atoms with E-state index in [9.17, 15) is 18.3 Å². The van der Waals surface area contributed by atoms with Crippen molar-refractivity contribution >= 4 is 6.34 Å². The topological polar surface area (TPSA) is 72.8 Å². The number of rotatable bonds is 6. The van der Waals surface area contributed by atoms with E-state index in [1.54, 1.807) is 6.07 Å². The van der Waals surface area contributed by atoms with Gasteiger partial charge < -0.3 is 5.11 Å². The molecule has 1 aromatic heterocycles. The number of hydrazine groups is 2. The summed E-state index contributed by atoms with van der Waals surface area (Å²) in [5.74, 6) is -6.99. The average Bonchev–Trinajstić information content (AvgIpc) is 3.26. The van der Waals surface area contributed by atoms with Gasteiger partial charge in [0.2, 0.25) is 0 Å². The quantitative estimate of drug-likeness (QED) is 0.503. The summed E-state index contributed by atoms with van der Waals surface area (Å²) in [7, 11) is 0. The molecule has 0 spiro atoms. The zero-order valence-corrected chi connectivity index (χ0v) is 16.2. The molecule has 166 valence electrons. The van der Waals surface area contributed by atoms with Crippen LogP contribution in [0.5, 0.6) is 0 Å². The molecule has 0 fully saturated rings. The lowest BCUT2D eigenvalue weighted by atomic mass is 9.84. The van der Waals surface area contributed by atoms with E-state index in [2.05, 4.69) is 21.2 Å². The summed E-state index contributed by atoms with van der Waals surface area (Å²) >= 11 is 0. The molecular formula is C21H16F5N5O. The largest absolute Gasteiger partial charge is 0.377 e. The van der Waals surface area contributed by atoms with Crippen molar-refractivity contribution in [1.82, 2.24) is 21.1 Å². The van der Waals surface area contributed by atoms with Crippen molar-refractivity contribution in [1.29, 1.82) is 0 Å². The number of alkyl halides is 2. The lowest BCUT2D eigenvalue weighted by molar-refractivity contribution is -0.206. The fraction of sp³-hybridized carbons (Fsp3) is 0.143. The van der Waals surface area contributed by atoms with Crippen molar-refractivity contribution in [3.8, 4) is 11.1 Å². The van der Waals surface area contributed by atoms with E-state index in [1.807, 2.05) is 0 Å². The Kier molecular flexibility index (Phi) is 5.53. The second-order valence-corrected chi connectivity index (χ2v) is 7.10. The number of aromatic nitrogens is 1. The van der Waals surface area contributed by atoms with E-state index >= 15 is 8.78 Å². The summed E-state index contributed by atoms with van der Waals surface area (Å²) in [6.07, 6.45) is 2.17. The van der Waals surface area contributed by atoms with E-state index in [4.69, 9.17) is 0 Å². The van der Waals surface area contributed by atoms with Gasteiger partial charge in [0.25, 0.3) is 0 Å². The summed E-state index contributed by atoms with van der Waals surface area (Å²) in [5, 5.41) is 15.7. The number of β-amino-alcohol motifs (C(OH)–C–C–N with tert-alkyl or cyclic N) is 1. The molecule has 0 saturated heterocycles. The second-order valence-electron chi connectivity index (χ2n) is 7.10. The Labute approximate surface area is 179 Å². The number of pyridine rings is 1. The molecule has 0 radical (unpaired) electrons. The summed E-state index contributed by atoms with van der Waals surface area (Å²) in [4.78, 5) is 3.75. The maximum atomic E-state index is 15.7. The lowest BCUT2D eigenvalue weighted by Gasteiger charge is -2.38. The molecule has 2 aromatic carbocycles. The molecule has 1 aliphatic heterocycles. The van der Waals surface area contributed by atoms with Crippen LogP contribution < -0.4 is 11.1 Å². The van der Waals surface area contributed by atoms with Gasteiger partial charge in [-0.15, -0.1) is 5.53 Å². The molecule has 32 heavy (non-hydrogen) atoms. The van der Waals surface area contributed by atoms with Gasteiger partial charge in [0.05, 0.1) is 6.54 Å². The van der Waals surface area contributed by atoms with Crippen molar-refractivity contribution < 1.29 is 27.1 Å². The van der Waals surface area contributed by atoms with Crippen molar-refractivity contribution in [3.63, 3.8) is 0 Å². The fourth-order valence-corrected chi connectivity index (χ4v) is 3.36. The van der Waals surface area contributed by atoms with Crippen LogP contribution in [-0.2, 0) is 11.5 Å². The Hall–Kier alpha value is -3.57. The van der Waals surface area contributed by atoms with Crippen LogP contribution in [0.3, 0.4) is 0 Å². The molecule has 3 N–H and O–H groups in total. The number of hydrazone groups is 1. The average molecular weight is 449 g/mol. The minimum atomic E-state index is -4.13. The van der Waals surface area contributed by atoms with Gasteiger partial charge in [0.15, 0.2) is 5.60 Å². The maximum absolute atomic E-state index is 15.7. The van der Waals surface area contributed by atoms with Gasteiger partial charge >= 0.3 is 5.92 Å². The smallest absolute Gasteiger partial charge is 0.323 e. The molecule has 1 aliphatic rings. The van der Waals surface area contributed by atoms with E-state index in [0.717, 1.165) is 35.7 Å². The standard InChI is InChI=1S/C21H16F5N5O/c22-15-3-1-2-13(8-15)14-4-7-19(27-10-14)21(25,26)20(32,11-31-12-28-29-30-31)17-6-5-16(23)9-18(17)24/h1-10,12,29-30,32H,11H2. The molecule has 0 saturated carbocycles. The van der Waals surface area contributed by atoms with Crippen LogP contribution in [0, 0.1) is 17.5 Å². The van der Waals surface area contributed by atoms with Crippen LogP contribution in [-0.4, -0.2) is 28.0 Å². The van der Waals surface area contributed by atoms with Crippen molar-refractivity contribution in [2.75, 3.05) is 6.54 Å². The van der Waals surface area contributed by atoms with E-state index in [-0.39, 0.29) is 0 Å². The minimum absolute atomic E-state index is 0.359. The van der Waals surface area contributed by atoms with Crippen molar-refractivity contribution in [2.24, 2.45) is 5.10 Å². The van der Waals surface area contributed by atoms with Crippen LogP contribution >= 0.6 is 0 Å². The summed E-state index contributed by atoms with van der Waals surface area (Å²) in [6, 6.07) is 9.64. The van der Waals surface area contributed by atoms with Gasteiger partial charge in [-0.2, -0.15) is 13.9 Å². The first-order valence-corrected chi connectivity index (χ1v) is 9.29. The highest BCUT2D eigenvalue weighted by molar-refractivity contribution is 5.62. The van der Waals surface area contributed by atoms with E-state index in [1.165, 1.54) is 24.3 Å². The fourth-order valence-electron chi connectivity index (χ4n) is 3.36. The molecular weight excluding hydrogens is 433 g/mol. The Balaban J connectivity index is 1.76. The van der Waals surface area contributed by atoms with Crippen LogP contribution in [0.4, 0.5) is 22.0 Å². The highest BCUT2D eigenvalue weighted by Gasteiger charge is 2.58. The third kappa shape index (κ3) is 3.87. The molecule has 3 aromatic rings. The van der Waals surface area contributed by atoms with Crippen LogP contribution in [0.25, 0.3) is 11.1 Å². The van der Waals surface area contributed by atoms with Gasteiger partial charge in [-0.3, -0.25) is 9.99 Å². The number of hydrogen-bond acceptors (Lipinski definition) is 6. The van der Waals surface area contributed by atoms with Gasteiger partial charge in [0.1, 0.15) is 29.5 Å². The number of hydrogen-bond donors (Lipinski definition) is 3. The van der Waals surface area contributed by atoms with Crippen LogP contribution in [0.15, 0.2) is 65.9 Å². The Morgan fingerprint density at radius 3 is 2.34 bits per heavy atom. The van der Waals surface area contributed by atoms with E-state index < -0.39 is 46.8 Å². The van der Waals surface area contributed by atoms with Gasteiger partial charge in [0, 0.05) is 23.4 Å². The zero-order valence-electron chi connectivity index (χ0n) is 16.2. The number of benzene rings is 2. The molecule has 4 rings (SSSR count). The number of nitrogens with one attached hydrogen (secondary N) is 2. The van der Waals surface area contributed by atoms with Gasteiger partial charge in [-0.05, 0) is 35.9 Å². The number of aliphatic hydroxyl groups is 1. The SMILES string of the molecule is OC(CN1C=NNN1)(c1ccc(F)cc1F)C(F)(F)c1ccc(-c2cccc(F)c2)cn1. The predicted octanol–water partition coefficient (Wildman–Crippen LogP) is 3.41. The molecule has 1 atom stereocenters. The Morgan fingerprint density at radius 2 is 1.72 bits per heavy atom. The molecule has 11 heteroatoms. The van der Waals surface area contributed by atoms with Crippen LogP contribution in [0.2, 0.25) is 0 Å².